The highest BCUT2D eigenvalue weighted by Crippen LogP contribution is 2.43. The summed E-state index contributed by atoms with van der Waals surface area (Å²) in [5.74, 6) is -0.0754. The van der Waals surface area contributed by atoms with Crippen LogP contribution in [-0.4, -0.2) is 38.7 Å². The van der Waals surface area contributed by atoms with Gasteiger partial charge in [0.15, 0.2) is 18.2 Å². The van der Waals surface area contributed by atoms with Crippen molar-refractivity contribution in [3.8, 4) is 5.75 Å². The third-order valence-electron chi connectivity index (χ3n) is 5.53. The zero-order valence-electron chi connectivity index (χ0n) is 15.2. The lowest BCUT2D eigenvalue weighted by atomic mass is 9.89. The quantitative estimate of drug-likeness (QED) is 0.913. The van der Waals surface area contributed by atoms with E-state index in [2.05, 4.69) is 20.0 Å². The van der Waals surface area contributed by atoms with Crippen molar-refractivity contribution < 1.29 is 18.8 Å². The van der Waals surface area contributed by atoms with Crippen molar-refractivity contribution >= 4 is 11.6 Å². The van der Waals surface area contributed by atoms with Crippen molar-refractivity contribution in [2.45, 2.75) is 25.3 Å². The first-order valence-electron chi connectivity index (χ1n) is 9.16. The number of likely N-dealkylation sites (tertiary alicyclic amines) is 1. The van der Waals surface area contributed by atoms with E-state index in [1.807, 2.05) is 17.0 Å². The number of rotatable bonds is 3. The van der Waals surface area contributed by atoms with Gasteiger partial charge in [-0.3, -0.25) is 4.79 Å². The number of nitrogens with zero attached hydrogens (tertiary/aromatic N) is 1. The summed E-state index contributed by atoms with van der Waals surface area (Å²) in [6.07, 6.45) is 0.968. The molecule has 2 aliphatic rings. The van der Waals surface area contributed by atoms with Crippen molar-refractivity contribution in [1.29, 1.82) is 0 Å². The van der Waals surface area contributed by atoms with Gasteiger partial charge in [0, 0.05) is 12.1 Å². The van der Waals surface area contributed by atoms with Crippen molar-refractivity contribution in [2.24, 2.45) is 0 Å². The maximum absolute atomic E-state index is 13.8. The third-order valence-corrected chi connectivity index (χ3v) is 5.53. The fourth-order valence-electron chi connectivity index (χ4n) is 4.29. The summed E-state index contributed by atoms with van der Waals surface area (Å²) in [7, 11) is 2.21. The normalized spacial score (nSPS) is 24.1. The number of hydrogen-bond donors (Lipinski definition) is 1. The summed E-state index contributed by atoms with van der Waals surface area (Å²) >= 11 is 0. The lowest BCUT2D eigenvalue weighted by Gasteiger charge is -2.34. The van der Waals surface area contributed by atoms with Crippen LogP contribution in [0.3, 0.4) is 0 Å². The maximum atomic E-state index is 13.8. The second-order valence-corrected chi connectivity index (χ2v) is 7.42. The van der Waals surface area contributed by atoms with E-state index in [0.717, 1.165) is 25.2 Å². The molecule has 0 radical (unpaired) electrons. The standard InChI is InChI=1S/C21H23FN2O2/c1-14-7-8-18-15(11-14)16-12-23(2)10-9-19(16)24(18)21(25)13-26-20-6-4-3-5-17(20)22/h3-8,11,16,19H,9-10,12-13H2,1-2H3/p+1/t16-,19+/m1/s1. The number of aryl methyl sites for hydroxylation is 1. The number of anilines is 1. The minimum Gasteiger partial charge on any atom is -0.481 e. The summed E-state index contributed by atoms with van der Waals surface area (Å²) in [4.78, 5) is 16.4. The highest BCUT2D eigenvalue weighted by molar-refractivity contribution is 5.97. The lowest BCUT2D eigenvalue weighted by Crippen LogP contribution is -3.11. The van der Waals surface area contributed by atoms with Gasteiger partial charge >= 0.3 is 0 Å². The fraction of sp³-hybridized carbons (Fsp3) is 0.381. The molecular weight excluding hydrogens is 331 g/mol. The molecule has 4 nitrogen and oxygen atoms in total. The molecule has 2 aromatic rings. The van der Waals surface area contributed by atoms with E-state index >= 15 is 0 Å². The van der Waals surface area contributed by atoms with E-state index in [1.54, 1.807) is 18.2 Å². The Bertz CT molecular complexity index is 839. The summed E-state index contributed by atoms with van der Waals surface area (Å²) < 4.78 is 19.2. The third kappa shape index (κ3) is 2.97. The van der Waals surface area contributed by atoms with Crippen LogP contribution in [0, 0.1) is 12.7 Å². The van der Waals surface area contributed by atoms with Gasteiger partial charge in [-0.1, -0.05) is 29.8 Å². The number of piperidine rings is 1. The van der Waals surface area contributed by atoms with Crippen molar-refractivity contribution in [1.82, 2.24) is 0 Å². The number of quaternary nitrogens is 1. The van der Waals surface area contributed by atoms with Crippen molar-refractivity contribution in [3.05, 3.63) is 59.4 Å². The van der Waals surface area contributed by atoms with E-state index in [4.69, 9.17) is 4.74 Å². The van der Waals surface area contributed by atoms with Crippen LogP contribution >= 0.6 is 0 Å². The molecule has 0 spiro atoms. The Morgan fingerprint density at radius 1 is 1.31 bits per heavy atom. The summed E-state index contributed by atoms with van der Waals surface area (Å²) in [6, 6.07) is 12.7. The average Bonchev–Trinajstić information content (AvgIpc) is 2.94. The Labute approximate surface area is 153 Å². The van der Waals surface area contributed by atoms with Crippen LogP contribution in [0.1, 0.15) is 23.5 Å². The van der Waals surface area contributed by atoms with Gasteiger partial charge in [-0.25, -0.2) is 4.39 Å². The Morgan fingerprint density at radius 3 is 2.92 bits per heavy atom. The van der Waals surface area contributed by atoms with Crippen LogP contribution in [0.4, 0.5) is 10.1 Å². The molecular formula is C21H24FN2O2+. The Hall–Kier alpha value is -2.40. The molecule has 0 bridgehead atoms. The van der Waals surface area contributed by atoms with Crippen LogP contribution in [0.25, 0.3) is 0 Å². The number of nitrogens with one attached hydrogen (secondary N) is 1. The molecule has 1 saturated heterocycles. The number of likely N-dealkylation sites (N-methyl/N-ethyl adjacent to an activating group) is 1. The minimum absolute atomic E-state index is 0.106. The smallest absolute Gasteiger partial charge is 0.265 e. The molecule has 26 heavy (non-hydrogen) atoms. The fourth-order valence-corrected chi connectivity index (χ4v) is 4.29. The highest BCUT2D eigenvalue weighted by atomic mass is 19.1. The van der Waals surface area contributed by atoms with Gasteiger partial charge < -0.3 is 14.5 Å². The Balaban J connectivity index is 1.59. The predicted molar refractivity (Wildman–Crippen MR) is 98.3 cm³/mol. The number of carbonyl (C=O) groups excluding carboxylic acids is 1. The van der Waals surface area contributed by atoms with Gasteiger partial charge in [0.1, 0.15) is 0 Å². The van der Waals surface area contributed by atoms with Gasteiger partial charge in [-0.2, -0.15) is 0 Å². The number of para-hydroxylation sites is 1. The summed E-state index contributed by atoms with van der Waals surface area (Å²) in [6.45, 7) is 4.01. The number of fused-ring (bicyclic) bond motifs is 3. The first-order valence-corrected chi connectivity index (χ1v) is 9.16. The summed E-state index contributed by atoms with van der Waals surface area (Å²) in [5, 5.41) is 0. The molecule has 4 rings (SSSR count). The largest absolute Gasteiger partial charge is 0.481 e. The zero-order valence-corrected chi connectivity index (χ0v) is 15.2. The van der Waals surface area contributed by atoms with E-state index in [1.165, 1.54) is 22.1 Å². The molecule has 136 valence electrons. The first-order chi connectivity index (χ1) is 12.5. The van der Waals surface area contributed by atoms with Gasteiger partial charge in [-0.05, 0) is 30.7 Å². The highest BCUT2D eigenvalue weighted by Gasteiger charge is 2.45. The molecule has 2 aromatic carbocycles. The van der Waals surface area contributed by atoms with E-state index in [-0.39, 0.29) is 24.3 Å². The van der Waals surface area contributed by atoms with E-state index < -0.39 is 5.82 Å². The van der Waals surface area contributed by atoms with Gasteiger partial charge in [0.2, 0.25) is 0 Å². The molecule has 2 aliphatic heterocycles. The van der Waals surface area contributed by atoms with Gasteiger partial charge in [0.25, 0.3) is 5.91 Å². The number of carbonyl (C=O) groups is 1. The average molecular weight is 355 g/mol. The van der Waals surface area contributed by atoms with E-state index in [0.29, 0.717) is 5.92 Å². The Morgan fingerprint density at radius 2 is 2.12 bits per heavy atom. The molecule has 0 saturated carbocycles. The molecule has 1 unspecified atom stereocenters. The monoisotopic (exact) mass is 355 g/mol. The van der Waals surface area contributed by atoms with Crippen LogP contribution in [-0.2, 0) is 4.79 Å². The van der Waals surface area contributed by atoms with Crippen molar-refractivity contribution in [2.75, 3.05) is 31.6 Å². The number of benzene rings is 2. The van der Waals surface area contributed by atoms with Crippen molar-refractivity contribution in [3.63, 3.8) is 0 Å². The van der Waals surface area contributed by atoms with Crippen LogP contribution in [0.5, 0.6) is 5.75 Å². The SMILES string of the molecule is Cc1ccc2c(c1)[C@H]1C[NH+](C)CC[C@@H]1N2C(=O)COc1ccccc1F. The number of amides is 1. The lowest BCUT2D eigenvalue weighted by molar-refractivity contribution is -0.886. The Kier molecular flexibility index (Phi) is 4.41. The predicted octanol–water partition coefficient (Wildman–Crippen LogP) is 1.93. The molecule has 3 atom stereocenters. The molecule has 2 heterocycles. The number of halogens is 1. The topological polar surface area (TPSA) is 34.0 Å². The van der Waals surface area contributed by atoms with Crippen LogP contribution in [0.15, 0.2) is 42.5 Å². The minimum atomic E-state index is -0.446. The molecule has 0 aliphatic carbocycles. The second-order valence-electron chi connectivity index (χ2n) is 7.42. The first kappa shape index (κ1) is 17.0. The molecule has 0 aromatic heterocycles. The molecule has 5 heteroatoms. The molecule has 1 fully saturated rings. The van der Waals surface area contributed by atoms with E-state index in [9.17, 15) is 9.18 Å². The molecule has 1 amide bonds. The van der Waals surface area contributed by atoms with Crippen LogP contribution in [0.2, 0.25) is 0 Å². The maximum Gasteiger partial charge on any atom is 0.265 e. The zero-order chi connectivity index (χ0) is 18.3. The molecule has 1 N–H and O–H groups in total. The van der Waals surface area contributed by atoms with Gasteiger partial charge in [-0.15, -0.1) is 0 Å². The van der Waals surface area contributed by atoms with Crippen LogP contribution < -0.4 is 14.5 Å². The second kappa shape index (κ2) is 6.72. The number of ether oxygens (including phenoxy) is 1. The van der Waals surface area contributed by atoms with Gasteiger partial charge in [0.05, 0.1) is 32.1 Å². The number of hydrogen-bond acceptors (Lipinski definition) is 2. The summed E-state index contributed by atoms with van der Waals surface area (Å²) in [5.41, 5.74) is 3.46.